The first-order valence-electron chi connectivity index (χ1n) is 7.86. The van der Waals surface area contributed by atoms with Gasteiger partial charge in [-0.05, 0) is 37.1 Å². The number of H-pyrrole nitrogens is 2. The van der Waals surface area contributed by atoms with Gasteiger partial charge in [-0.3, -0.25) is 10.1 Å². The number of benzene rings is 1. The maximum Gasteiger partial charge on any atom is 0.191 e. The Morgan fingerprint density at radius 3 is 2.92 bits per heavy atom. The number of aromatic amines is 2. The summed E-state index contributed by atoms with van der Waals surface area (Å²) in [5, 5.41) is 14.5. The van der Waals surface area contributed by atoms with Crippen molar-refractivity contribution in [3.8, 4) is 0 Å². The minimum Gasteiger partial charge on any atom is -0.361 e. The summed E-state index contributed by atoms with van der Waals surface area (Å²) in [6.07, 6.45) is 4.55. The van der Waals surface area contributed by atoms with Crippen LogP contribution in [-0.4, -0.2) is 34.7 Å². The normalized spacial score (nSPS) is 11.9. The molecule has 7 heteroatoms. The Morgan fingerprint density at radius 2 is 2.17 bits per heavy atom. The zero-order chi connectivity index (χ0) is 16.9. The molecule has 0 radical (unpaired) electrons. The Kier molecular flexibility index (Phi) is 4.79. The van der Waals surface area contributed by atoms with Crippen LogP contribution in [0.15, 0.2) is 35.6 Å². The highest BCUT2D eigenvalue weighted by molar-refractivity contribution is 5.83. The number of nitrogens with one attached hydrogen (secondary N) is 4. The van der Waals surface area contributed by atoms with Crippen LogP contribution >= 0.6 is 0 Å². The van der Waals surface area contributed by atoms with Crippen molar-refractivity contribution < 1.29 is 4.39 Å². The number of rotatable bonds is 5. The summed E-state index contributed by atoms with van der Waals surface area (Å²) in [7, 11) is 1.74. The Balaban J connectivity index is 1.53. The molecule has 3 rings (SSSR count). The van der Waals surface area contributed by atoms with Crippen molar-refractivity contribution in [1.82, 2.24) is 25.8 Å². The molecule has 1 aromatic carbocycles. The topological polar surface area (TPSA) is 80.9 Å². The van der Waals surface area contributed by atoms with Gasteiger partial charge in [-0.15, -0.1) is 0 Å². The molecule has 0 fully saturated rings. The van der Waals surface area contributed by atoms with Gasteiger partial charge in [-0.2, -0.15) is 5.10 Å². The summed E-state index contributed by atoms with van der Waals surface area (Å²) in [5.41, 5.74) is 4.13. The van der Waals surface area contributed by atoms with E-state index in [0.717, 1.165) is 46.6 Å². The summed E-state index contributed by atoms with van der Waals surface area (Å²) in [4.78, 5) is 7.32. The molecule has 0 bridgehead atoms. The summed E-state index contributed by atoms with van der Waals surface area (Å²) in [5.74, 6) is 0.509. The van der Waals surface area contributed by atoms with Crippen molar-refractivity contribution in [2.45, 2.75) is 19.9 Å². The van der Waals surface area contributed by atoms with E-state index in [1.165, 1.54) is 12.1 Å². The zero-order valence-corrected chi connectivity index (χ0v) is 13.8. The van der Waals surface area contributed by atoms with Crippen LogP contribution in [0.3, 0.4) is 0 Å². The lowest BCUT2D eigenvalue weighted by Crippen LogP contribution is -2.37. The van der Waals surface area contributed by atoms with Crippen LogP contribution in [-0.2, 0) is 13.0 Å². The van der Waals surface area contributed by atoms with Gasteiger partial charge in [0.15, 0.2) is 5.96 Å². The summed E-state index contributed by atoms with van der Waals surface area (Å²) >= 11 is 0. The van der Waals surface area contributed by atoms with Crippen molar-refractivity contribution in [2.75, 3.05) is 13.6 Å². The third-order valence-electron chi connectivity index (χ3n) is 4.02. The van der Waals surface area contributed by atoms with Gasteiger partial charge in [-0.25, -0.2) is 4.39 Å². The monoisotopic (exact) mass is 328 g/mol. The average molecular weight is 328 g/mol. The molecule has 2 heterocycles. The van der Waals surface area contributed by atoms with Gasteiger partial charge < -0.3 is 15.6 Å². The van der Waals surface area contributed by atoms with E-state index in [2.05, 4.69) is 30.8 Å². The summed E-state index contributed by atoms with van der Waals surface area (Å²) in [6, 6.07) is 4.81. The van der Waals surface area contributed by atoms with Crippen LogP contribution in [0.1, 0.15) is 16.8 Å². The molecule has 3 aromatic rings. The third kappa shape index (κ3) is 3.56. The van der Waals surface area contributed by atoms with Gasteiger partial charge in [0.05, 0.1) is 6.20 Å². The Morgan fingerprint density at radius 1 is 1.29 bits per heavy atom. The highest BCUT2D eigenvalue weighted by Crippen LogP contribution is 2.19. The number of aryl methyl sites for hydroxylation is 1. The first kappa shape index (κ1) is 16.0. The first-order chi connectivity index (χ1) is 11.7. The Labute approximate surface area is 139 Å². The number of hydrogen-bond acceptors (Lipinski definition) is 2. The lowest BCUT2D eigenvalue weighted by Gasteiger charge is -2.11. The molecule has 4 N–H and O–H groups in total. The molecular formula is C17H21FN6. The highest BCUT2D eigenvalue weighted by Gasteiger charge is 2.06. The predicted molar refractivity (Wildman–Crippen MR) is 93.5 cm³/mol. The second kappa shape index (κ2) is 7.16. The van der Waals surface area contributed by atoms with E-state index in [1.807, 2.05) is 19.2 Å². The van der Waals surface area contributed by atoms with E-state index in [4.69, 9.17) is 0 Å². The van der Waals surface area contributed by atoms with Crippen molar-refractivity contribution in [3.05, 3.63) is 53.2 Å². The number of guanidine groups is 1. The quantitative estimate of drug-likeness (QED) is 0.428. The molecule has 6 nitrogen and oxygen atoms in total. The fraction of sp³-hybridized carbons (Fsp3) is 0.294. The second-order valence-electron chi connectivity index (χ2n) is 5.63. The van der Waals surface area contributed by atoms with E-state index in [-0.39, 0.29) is 5.82 Å². The third-order valence-corrected chi connectivity index (χ3v) is 4.02. The largest absolute Gasteiger partial charge is 0.361 e. The van der Waals surface area contributed by atoms with E-state index in [0.29, 0.717) is 6.54 Å². The second-order valence-corrected chi connectivity index (χ2v) is 5.63. The smallest absolute Gasteiger partial charge is 0.191 e. The maximum atomic E-state index is 13.2. The number of aromatic nitrogens is 3. The fourth-order valence-electron chi connectivity index (χ4n) is 2.63. The minimum atomic E-state index is -0.229. The van der Waals surface area contributed by atoms with Gasteiger partial charge in [0.25, 0.3) is 0 Å². The molecule has 0 atom stereocenters. The molecule has 2 aromatic heterocycles. The standard InChI is InChI=1S/C17H21FN6/c1-11-13(10-23-24-11)9-22-17(19-2)20-6-5-12-8-21-16-7-14(18)3-4-15(12)16/h3-4,7-8,10,21H,5-6,9H2,1-2H3,(H,23,24)(H2,19,20,22). The molecule has 0 saturated carbocycles. The van der Waals surface area contributed by atoms with E-state index in [9.17, 15) is 4.39 Å². The van der Waals surface area contributed by atoms with Gasteiger partial charge >= 0.3 is 0 Å². The zero-order valence-electron chi connectivity index (χ0n) is 13.8. The van der Waals surface area contributed by atoms with Crippen LogP contribution < -0.4 is 10.6 Å². The number of aliphatic imine (C=N–C) groups is 1. The maximum absolute atomic E-state index is 13.2. The van der Waals surface area contributed by atoms with Gasteiger partial charge in [0, 0.05) is 48.5 Å². The van der Waals surface area contributed by atoms with E-state index >= 15 is 0 Å². The highest BCUT2D eigenvalue weighted by atomic mass is 19.1. The number of fused-ring (bicyclic) bond motifs is 1. The van der Waals surface area contributed by atoms with E-state index in [1.54, 1.807) is 13.2 Å². The van der Waals surface area contributed by atoms with Gasteiger partial charge in [0.2, 0.25) is 0 Å². The molecular weight excluding hydrogens is 307 g/mol. The molecule has 0 unspecified atom stereocenters. The molecule has 126 valence electrons. The lowest BCUT2D eigenvalue weighted by molar-refractivity contribution is 0.629. The molecule has 0 aliphatic rings. The number of hydrogen-bond donors (Lipinski definition) is 4. The van der Waals surface area contributed by atoms with Crippen molar-refractivity contribution >= 4 is 16.9 Å². The molecule has 0 saturated heterocycles. The van der Waals surface area contributed by atoms with Crippen molar-refractivity contribution in [1.29, 1.82) is 0 Å². The predicted octanol–water partition coefficient (Wildman–Crippen LogP) is 2.25. The van der Waals surface area contributed by atoms with Crippen LogP contribution in [0.25, 0.3) is 10.9 Å². The van der Waals surface area contributed by atoms with Crippen LogP contribution in [0.5, 0.6) is 0 Å². The van der Waals surface area contributed by atoms with Crippen molar-refractivity contribution in [3.63, 3.8) is 0 Å². The SMILES string of the molecule is CN=C(NCCc1c[nH]c2cc(F)ccc12)NCc1cn[nH]c1C. The fourth-order valence-corrected chi connectivity index (χ4v) is 2.63. The van der Waals surface area contributed by atoms with Crippen LogP contribution in [0, 0.1) is 12.7 Å². The lowest BCUT2D eigenvalue weighted by atomic mass is 10.1. The molecule has 0 aliphatic heterocycles. The summed E-state index contributed by atoms with van der Waals surface area (Å²) < 4.78 is 13.2. The molecule has 0 spiro atoms. The molecule has 24 heavy (non-hydrogen) atoms. The average Bonchev–Trinajstić information content (AvgIpc) is 3.16. The van der Waals surface area contributed by atoms with E-state index < -0.39 is 0 Å². The van der Waals surface area contributed by atoms with Gasteiger partial charge in [-0.1, -0.05) is 0 Å². The van der Waals surface area contributed by atoms with Crippen molar-refractivity contribution in [2.24, 2.45) is 4.99 Å². The number of nitrogens with zero attached hydrogens (tertiary/aromatic N) is 2. The van der Waals surface area contributed by atoms with Crippen LogP contribution in [0.2, 0.25) is 0 Å². The Bertz CT molecular complexity index is 848. The Hall–Kier alpha value is -2.83. The van der Waals surface area contributed by atoms with Crippen LogP contribution in [0.4, 0.5) is 4.39 Å². The first-order valence-corrected chi connectivity index (χ1v) is 7.86. The molecule has 0 amide bonds. The molecule has 0 aliphatic carbocycles. The minimum absolute atomic E-state index is 0.229. The number of halogens is 1. The summed E-state index contributed by atoms with van der Waals surface area (Å²) in [6.45, 7) is 3.38. The van der Waals surface area contributed by atoms with Gasteiger partial charge in [0.1, 0.15) is 5.82 Å².